The van der Waals surface area contributed by atoms with E-state index >= 15 is 0 Å². The van der Waals surface area contributed by atoms with Crippen LogP contribution in [0.25, 0.3) is 11.0 Å². The van der Waals surface area contributed by atoms with Crippen molar-refractivity contribution in [1.29, 1.82) is 0 Å². The maximum atomic E-state index is 11.5. The zero-order valence-corrected chi connectivity index (χ0v) is 11.5. The zero-order chi connectivity index (χ0) is 15.2. The summed E-state index contributed by atoms with van der Waals surface area (Å²) in [7, 11) is 1.54. The van der Waals surface area contributed by atoms with E-state index in [2.05, 4.69) is 10.6 Å². The Labute approximate surface area is 120 Å². The fraction of sp³-hybridized carbons (Fsp3) is 0.286. The molecule has 112 valence electrons. The number of carbonyl (C=O) groups excluding carboxylic acids is 1. The first-order valence-corrected chi connectivity index (χ1v) is 6.39. The van der Waals surface area contributed by atoms with Crippen LogP contribution >= 0.6 is 0 Å². The summed E-state index contributed by atoms with van der Waals surface area (Å²) in [5.41, 5.74) is 0.678. The molecule has 2 rings (SSSR count). The molecule has 0 aliphatic carbocycles. The number of aliphatic carboxylic acids is 1. The van der Waals surface area contributed by atoms with Gasteiger partial charge in [-0.1, -0.05) is 12.1 Å². The van der Waals surface area contributed by atoms with Crippen LogP contribution < -0.4 is 15.4 Å². The summed E-state index contributed by atoms with van der Waals surface area (Å²) in [6.07, 6.45) is -0.124. The third-order valence-corrected chi connectivity index (χ3v) is 2.86. The highest BCUT2D eigenvalue weighted by Crippen LogP contribution is 2.32. The van der Waals surface area contributed by atoms with E-state index in [9.17, 15) is 9.59 Å². The van der Waals surface area contributed by atoms with Crippen LogP contribution in [0.4, 0.5) is 4.79 Å². The molecule has 7 heteroatoms. The lowest BCUT2D eigenvalue weighted by Crippen LogP contribution is -2.36. The van der Waals surface area contributed by atoms with Crippen molar-refractivity contribution in [3.63, 3.8) is 0 Å². The molecule has 0 fully saturated rings. The first-order valence-electron chi connectivity index (χ1n) is 6.39. The highest BCUT2D eigenvalue weighted by molar-refractivity contribution is 5.85. The van der Waals surface area contributed by atoms with Crippen LogP contribution in [-0.4, -0.2) is 30.8 Å². The third-order valence-electron chi connectivity index (χ3n) is 2.86. The Balaban J connectivity index is 1.97. The first kappa shape index (κ1) is 14.7. The molecule has 0 aliphatic rings. The summed E-state index contributed by atoms with van der Waals surface area (Å²) in [5, 5.41) is 14.3. The van der Waals surface area contributed by atoms with Gasteiger partial charge in [-0.25, -0.2) is 4.79 Å². The number of benzene rings is 1. The second-order valence-electron chi connectivity index (χ2n) is 4.31. The van der Waals surface area contributed by atoms with E-state index in [1.54, 1.807) is 0 Å². The summed E-state index contributed by atoms with van der Waals surface area (Å²) in [4.78, 5) is 21.9. The highest BCUT2D eigenvalue weighted by Gasteiger charge is 2.15. The fourth-order valence-electron chi connectivity index (χ4n) is 1.92. The van der Waals surface area contributed by atoms with Crippen LogP contribution in [-0.2, 0) is 11.3 Å². The highest BCUT2D eigenvalue weighted by atomic mass is 16.5. The van der Waals surface area contributed by atoms with E-state index in [1.807, 2.05) is 24.3 Å². The second kappa shape index (κ2) is 6.65. The lowest BCUT2D eigenvalue weighted by molar-refractivity contribution is -0.136. The van der Waals surface area contributed by atoms with Gasteiger partial charge in [-0.15, -0.1) is 0 Å². The van der Waals surface area contributed by atoms with Crippen LogP contribution in [0.2, 0.25) is 0 Å². The zero-order valence-electron chi connectivity index (χ0n) is 11.5. The molecule has 0 saturated carbocycles. The summed E-state index contributed by atoms with van der Waals surface area (Å²) < 4.78 is 10.9. The van der Waals surface area contributed by atoms with Crippen molar-refractivity contribution in [3.05, 3.63) is 30.0 Å². The van der Waals surface area contributed by atoms with E-state index < -0.39 is 12.0 Å². The summed E-state index contributed by atoms with van der Waals surface area (Å²) in [5.74, 6) is 0.123. The van der Waals surface area contributed by atoms with Crippen LogP contribution in [0.1, 0.15) is 12.2 Å². The Morgan fingerprint density at radius 1 is 1.29 bits per heavy atom. The number of carboxylic acid groups (broad SMARTS) is 1. The van der Waals surface area contributed by atoms with E-state index in [1.165, 1.54) is 7.11 Å². The maximum Gasteiger partial charge on any atom is 0.315 e. The minimum Gasteiger partial charge on any atom is -0.492 e. The molecule has 21 heavy (non-hydrogen) atoms. The van der Waals surface area contributed by atoms with Gasteiger partial charge >= 0.3 is 12.0 Å². The Morgan fingerprint density at radius 2 is 2.05 bits per heavy atom. The summed E-state index contributed by atoms with van der Waals surface area (Å²) in [6, 6.07) is 6.94. The normalized spacial score (nSPS) is 10.3. The van der Waals surface area contributed by atoms with Gasteiger partial charge in [0.25, 0.3) is 0 Å². The number of urea groups is 1. The molecular formula is C14H16N2O5. The molecule has 1 aromatic heterocycles. The minimum absolute atomic E-state index is 0.0679. The number of carboxylic acids is 1. The number of carbonyl (C=O) groups is 2. The van der Waals surface area contributed by atoms with Gasteiger partial charge in [-0.05, 0) is 12.1 Å². The molecule has 0 atom stereocenters. The molecule has 0 bridgehead atoms. The quantitative estimate of drug-likeness (QED) is 0.752. The summed E-state index contributed by atoms with van der Waals surface area (Å²) >= 11 is 0. The molecule has 2 amide bonds. The van der Waals surface area contributed by atoms with Crippen LogP contribution in [0.15, 0.2) is 28.7 Å². The number of furan rings is 1. The average Bonchev–Trinajstić information content (AvgIpc) is 2.82. The third kappa shape index (κ3) is 3.65. The van der Waals surface area contributed by atoms with Crippen LogP contribution in [0.5, 0.6) is 5.75 Å². The predicted octanol–water partition coefficient (Wildman–Crippen LogP) is 1.72. The number of methoxy groups -OCH3 is 1. The van der Waals surface area contributed by atoms with E-state index in [-0.39, 0.29) is 19.5 Å². The maximum absolute atomic E-state index is 11.5. The number of rotatable bonds is 6. The molecule has 0 spiro atoms. The Morgan fingerprint density at radius 3 is 2.76 bits per heavy atom. The number of amides is 2. The average molecular weight is 292 g/mol. The monoisotopic (exact) mass is 292 g/mol. The van der Waals surface area contributed by atoms with Gasteiger partial charge in [0.15, 0.2) is 11.5 Å². The number of fused-ring (bicyclic) bond motifs is 1. The van der Waals surface area contributed by atoms with Crippen molar-refractivity contribution in [2.24, 2.45) is 0 Å². The number of ether oxygens (including phenoxy) is 1. The Kier molecular flexibility index (Phi) is 4.65. The van der Waals surface area contributed by atoms with Gasteiger partial charge < -0.3 is 24.9 Å². The van der Waals surface area contributed by atoms with Crippen molar-refractivity contribution in [2.75, 3.05) is 13.7 Å². The van der Waals surface area contributed by atoms with Gasteiger partial charge in [0.2, 0.25) is 0 Å². The lowest BCUT2D eigenvalue weighted by Gasteiger charge is -2.06. The van der Waals surface area contributed by atoms with Crippen molar-refractivity contribution >= 4 is 23.0 Å². The van der Waals surface area contributed by atoms with E-state index in [0.29, 0.717) is 17.1 Å². The molecule has 0 unspecified atom stereocenters. The molecule has 3 N–H and O–H groups in total. The molecule has 7 nitrogen and oxygen atoms in total. The molecular weight excluding hydrogens is 276 g/mol. The van der Waals surface area contributed by atoms with Crippen molar-refractivity contribution in [2.45, 2.75) is 13.0 Å². The molecule has 1 aromatic carbocycles. The predicted molar refractivity (Wildman–Crippen MR) is 75.3 cm³/mol. The van der Waals surface area contributed by atoms with Crippen molar-refractivity contribution in [3.8, 4) is 5.75 Å². The van der Waals surface area contributed by atoms with Crippen molar-refractivity contribution < 1.29 is 23.8 Å². The molecule has 0 radical (unpaired) electrons. The molecule has 0 saturated heterocycles. The van der Waals surface area contributed by atoms with Crippen LogP contribution in [0, 0.1) is 0 Å². The minimum atomic E-state index is -0.964. The summed E-state index contributed by atoms with van der Waals surface area (Å²) in [6.45, 7) is 0.217. The number of nitrogens with one attached hydrogen (secondary N) is 2. The van der Waals surface area contributed by atoms with Gasteiger partial charge in [0, 0.05) is 6.54 Å². The standard InChI is InChI=1S/C14H16N2O5/c1-20-13-9-4-2-3-5-10(9)21-11(13)8-16-14(19)15-7-6-12(17)18/h2-5H,6-8H2,1H3,(H,17,18)(H2,15,16,19). The van der Waals surface area contributed by atoms with Gasteiger partial charge in [-0.3, -0.25) is 4.79 Å². The van der Waals surface area contributed by atoms with Gasteiger partial charge in [0.1, 0.15) is 5.58 Å². The number of hydrogen-bond acceptors (Lipinski definition) is 4. The first-order chi connectivity index (χ1) is 10.1. The Hall–Kier alpha value is -2.70. The molecule has 1 heterocycles. The van der Waals surface area contributed by atoms with Crippen molar-refractivity contribution in [1.82, 2.24) is 10.6 Å². The Bertz CT molecular complexity index is 650. The van der Waals surface area contributed by atoms with Gasteiger partial charge in [-0.2, -0.15) is 0 Å². The molecule has 0 aliphatic heterocycles. The molecule has 2 aromatic rings. The largest absolute Gasteiger partial charge is 0.492 e. The van der Waals surface area contributed by atoms with Crippen LogP contribution in [0.3, 0.4) is 0 Å². The smallest absolute Gasteiger partial charge is 0.315 e. The fourth-order valence-corrected chi connectivity index (χ4v) is 1.92. The van der Waals surface area contributed by atoms with Gasteiger partial charge in [0.05, 0.1) is 25.5 Å². The number of para-hydroxylation sites is 1. The SMILES string of the molecule is COc1c(CNC(=O)NCCC(=O)O)oc2ccccc12. The van der Waals surface area contributed by atoms with E-state index in [4.69, 9.17) is 14.3 Å². The lowest BCUT2D eigenvalue weighted by atomic mass is 10.2. The van der Waals surface area contributed by atoms with E-state index in [0.717, 1.165) is 5.39 Å². The second-order valence-corrected chi connectivity index (χ2v) is 4.31. The number of hydrogen-bond donors (Lipinski definition) is 3. The topological polar surface area (TPSA) is 101 Å².